The van der Waals surface area contributed by atoms with Crippen molar-refractivity contribution in [2.45, 2.75) is 6.04 Å². The maximum Gasteiger partial charge on any atom is 0.331 e. The molecule has 1 amide bonds. The normalized spacial score (nSPS) is 15.9. The van der Waals surface area contributed by atoms with E-state index in [1.165, 1.54) is 4.57 Å². The molecule has 1 atom stereocenters. The number of benzene rings is 3. The van der Waals surface area contributed by atoms with E-state index in [0.717, 1.165) is 11.8 Å². The molecule has 1 aliphatic rings. The molecule has 4 aromatic rings. The van der Waals surface area contributed by atoms with Crippen molar-refractivity contribution in [1.29, 1.82) is 0 Å². The Balaban J connectivity index is 1.68. The molecular weight excluding hydrogens is 490 g/mol. The zero-order valence-electron chi connectivity index (χ0n) is 20.2. The van der Waals surface area contributed by atoms with Crippen LogP contribution in [0.5, 0.6) is 0 Å². The minimum absolute atomic E-state index is 0.146. The number of hydrogen-bond acceptors (Lipinski definition) is 5. The number of sulfonamides is 1. The Bertz CT molecular complexity index is 1580. The molecule has 3 N–H and O–H groups in total. The van der Waals surface area contributed by atoms with Gasteiger partial charge in [-0.25, -0.2) is 13.2 Å². The van der Waals surface area contributed by atoms with Gasteiger partial charge in [0.05, 0.1) is 29.4 Å². The van der Waals surface area contributed by atoms with Crippen molar-refractivity contribution in [2.24, 2.45) is 0 Å². The third-order valence-electron chi connectivity index (χ3n) is 6.29. The number of carbonyl (C=O) groups is 1. The first-order chi connectivity index (χ1) is 17.8. The molecule has 1 fully saturated rings. The van der Waals surface area contributed by atoms with Crippen molar-refractivity contribution in [1.82, 2.24) is 19.8 Å². The Labute approximate surface area is 214 Å². The fourth-order valence-electron chi connectivity index (χ4n) is 4.71. The second-order valence-electron chi connectivity index (χ2n) is 8.88. The number of aromatic nitrogens is 2. The fourth-order valence-corrected chi connectivity index (χ4v) is 5.28. The predicted molar refractivity (Wildman–Crippen MR) is 143 cm³/mol. The van der Waals surface area contributed by atoms with Crippen LogP contribution in [0.25, 0.3) is 16.9 Å². The van der Waals surface area contributed by atoms with Gasteiger partial charge in [0.15, 0.2) is 0 Å². The van der Waals surface area contributed by atoms with Gasteiger partial charge < -0.3 is 15.2 Å². The van der Waals surface area contributed by atoms with E-state index in [1.54, 1.807) is 29.2 Å². The predicted octanol–water partition coefficient (Wildman–Crippen LogP) is 2.99. The number of nitrogens with one attached hydrogen (secondary N) is 3. The Morgan fingerprint density at radius 3 is 2.30 bits per heavy atom. The van der Waals surface area contributed by atoms with E-state index in [1.807, 2.05) is 60.7 Å². The highest BCUT2D eigenvalue weighted by atomic mass is 32.2. The number of piperazine rings is 1. The smallest absolute Gasteiger partial charge is 0.328 e. The maximum absolute atomic E-state index is 14.1. The van der Waals surface area contributed by atoms with Crippen LogP contribution in [0.1, 0.15) is 22.1 Å². The number of H-pyrrole nitrogens is 1. The van der Waals surface area contributed by atoms with Gasteiger partial charge in [-0.2, -0.15) is 0 Å². The SMILES string of the molecule is CS(=O)(=O)Nc1ccccc1-n1c(-c2ccccc2)c(C(=O)N2CCNCC2c2ccccc2)[nH]c1=O. The van der Waals surface area contributed by atoms with Crippen LogP contribution in [-0.4, -0.2) is 54.7 Å². The van der Waals surface area contributed by atoms with E-state index in [9.17, 15) is 18.0 Å². The fraction of sp³-hybridized carbons (Fsp3) is 0.185. The summed E-state index contributed by atoms with van der Waals surface area (Å²) in [6, 6.07) is 25.3. The average molecular weight is 518 g/mol. The molecule has 1 aliphatic heterocycles. The summed E-state index contributed by atoms with van der Waals surface area (Å²) in [6.45, 7) is 1.68. The molecule has 37 heavy (non-hydrogen) atoms. The lowest BCUT2D eigenvalue weighted by Gasteiger charge is -2.36. The van der Waals surface area contributed by atoms with E-state index < -0.39 is 15.7 Å². The number of imidazole rings is 1. The number of para-hydroxylation sites is 2. The number of nitrogens with zero attached hydrogens (tertiary/aromatic N) is 2. The molecule has 0 saturated carbocycles. The third-order valence-corrected chi connectivity index (χ3v) is 6.88. The van der Waals surface area contributed by atoms with Crippen molar-refractivity contribution >= 4 is 21.6 Å². The summed E-state index contributed by atoms with van der Waals surface area (Å²) in [6.07, 6.45) is 1.05. The summed E-state index contributed by atoms with van der Waals surface area (Å²) in [5.74, 6) is -0.307. The van der Waals surface area contributed by atoms with E-state index in [4.69, 9.17) is 0 Å². The molecule has 5 rings (SSSR count). The van der Waals surface area contributed by atoms with Crippen LogP contribution in [0.2, 0.25) is 0 Å². The van der Waals surface area contributed by atoms with E-state index in [-0.39, 0.29) is 23.3 Å². The molecule has 2 heterocycles. The van der Waals surface area contributed by atoms with Gasteiger partial charge >= 0.3 is 5.69 Å². The zero-order chi connectivity index (χ0) is 26.0. The van der Waals surface area contributed by atoms with Crippen LogP contribution in [0.3, 0.4) is 0 Å². The Morgan fingerprint density at radius 1 is 0.946 bits per heavy atom. The number of amides is 1. The van der Waals surface area contributed by atoms with Crippen LogP contribution >= 0.6 is 0 Å². The Morgan fingerprint density at radius 2 is 1.59 bits per heavy atom. The number of aromatic amines is 1. The molecule has 190 valence electrons. The molecular formula is C27H27N5O4S. The van der Waals surface area contributed by atoms with E-state index in [2.05, 4.69) is 15.0 Å². The summed E-state index contributed by atoms with van der Waals surface area (Å²) in [4.78, 5) is 32.1. The zero-order valence-corrected chi connectivity index (χ0v) is 21.0. The van der Waals surface area contributed by atoms with Crippen LogP contribution in [0.15, 0.2) is 89.7 Å². The minimum atomic E-state index is -3.62. The lowest BCUT2D eigenvalue weighted by Crippen LogP contribution is -2.49. The Kier molecular flexibility index (Phi) is 6.68. The van der Waals surface area contributed by atoms with Gasteiger partial charge in [0, 0.05) is 25.2 Å². The summed E-state index contributed by atoms with van der Waals surface area (Å²) < 4.78 is 27.9. The lowest BCUT2D eigenvalue weighted by atomic mass is 10.0. The molecule has 10 heteroatoms. The monoisotopic (exact) mass is 517 g/mol. The molecule has 0 spiro atoms. The first kappa shape index (κ1) is 24.5. The van der Waals surface area contributed by atoms with Crippen molar-refractivity contribution in [3.8, 4) is 16.9 Å². The van der Waals surface area contributed by atoms with Gasteiger partial charge in [-0.15, -0.1) is 0 Å². The highest BCUT2D eigenvalue weighted by molar-refractivity contribution is 7.92. The molecule has 0 aliphatic carbocycles. The van der Waals surface area contributed by atoms with Crippen molar-refractivity contribution < 1.29 is 13.2 Å². The molecule has 3 aromatic carbocycles. The van der Waals surface area contributed by atoms with Gasteiger partial charge in [-0.1, -0.05) is 72.8 Å². The first-order valence-electron chi connectivity index (χ1n) is 11.9. The van der Waals surface area contributed by atoms with Crippen molar-refractivity contribution in [2.75, 3.05) is 30.6 Å². The van der Waals surface area contributed by atoms with Gasteiger partial charge in [0.1, 0.15) is 5.69 Å². The quantitative estimate of drug-likeness (QED) is 0.364. The summed E-state index contributed by atoms with van der Waals surface area (Å²) >= 11 is 0. The first-order valence-corrected chi connectivity index (χ1v) is 13.8. The molecule has 1 aromatic heterocycles. The van der Waals surface area contributed by atoms with Gasteiger partial charge in [-0.3, -0.25) is 14.1 Å². The van der Waals surface area contributed by atoms with Crippen molar-refractivity contribution in [3.63, 3.8) is 0 Å². The van der Waals surface area contributed by atoms with E-state index in [0.29, 0.717) is 36.6 Å². The molecule has 0 radical (unpaired) electrons. The number of rotatable bonds is 6. The van der Waals surface area contributed by atoms with Gasteiger partial charge in [0.2, 0.25) is 10.0 Å². The van der Waals surface area contributed by atoms with Crippen LogP contribution in [0.4, 0.5) is 5.69 Å². The maximum atomic E-state index is 14.1. The third kappa shape index (κ3) is 5.07. The number of anilines is 1. The van der Waals surface area contributed by atoms with Crippen molar-refractivity contribution in [3.05, 3.63) is 107 Å². The van der Waals surface area contributed by atoms with Gasteiger partial charge in [-0.05, 0) is 17.7 Å². The topological polar surface area (TPSA) is 116 Å². The second kappa shape index (κ2) is 10.1. The number of hydrogen-bond donors (Lipinski definition) is 3. The minimum Gasteiger partial charge on any atom is -0.328 e. The van der Waals surface area contributed by atoms with Crippen LogP contribution in [-0.2, 0) is 10.0 Å². The van der Waals surface area contributed by atoms with E-state index >= 15 is 0 Å². The standard InChI is InChI=1S/C27H27N5O4S/c1-37(35,36)30-21-14-8-9-15-22(21)32-25(20-12-6-3-7-13-20)24(29-27(32)34)26(33)31-17-16-28-18-23(31)19-10-4-2-5-11-19/h2-15,23,28,30H,16-18H2,1H3,(H,29,34). The molecule has 1 saturated heterocycles. The lowest BCUT2D eigenvalue weighted by molar-refractivity contribution is 0.0629. The average Bonchev–Trinajstić information content (AvgIpc) is 3.25. The second-order valence-corrected chi connectivity index (χ2v) is 10.6. The summed E-state index contributed by atoms with van der Waals surface area (Å²) in [5, 5.41) is 3.35. The van der Waals surface area contributed by atoms with Crippen LogP contribution in [0, 0.1) is 0 Å². The summed E-state index contributed by atoms with van der Waals surface area (Å²) in [5.41, 5.74) is 2.14. The summed E-state index contributed by atoms with van der Waals surface area (Å²) in [7, 11) is -3.62. The van der Waals surface area contributed by atoms with Gasteiger partial charge in [0.25, 0.3) is 5.91 Å². The largest absolute Gasteiger partial charge is 0.331 e. The highest BCUT2D eigenvalue weighted by Gasteiger charge is 2.33. The number of carbonyl (C=O) groups excluding carboxylic acids is 1. The molecule has 9 nitrogen and oxygen atoms in total. The molecule has 1 unspecified atom stereocenters. The highest BCUT2D eigenvalue weighted by Crippen LogP contribution is 2.31. The molecule has 0 bridgehead atoms. The Hall–Kier alpha value is -4.15. The van der Waals surface area contributed by atoms with Crippen LogP contribution < -0.4 is 15.7 Å².